The summed E-state index contributed by atoms with van der Waals surface area (Å²) in [5.41, 5.74) is 0.888. The van der Waals surface area contributed by atoms with E-state index in [0.717, 1.165) is 10.3 Å². The molecular formula is C17H17N3O3. The normalized spacial score (nSPS) is 10.7. The molecule has 1 aromatic carbocycles. The van der Waals surface area contributed by atoms with Crippen molar-refractivity contribution >= 4 is 11.9 Å². The van der Waals surface area contributed by atoms with Gasteiger partial charge in [-0.2, -0.15) is 5.26 Å². The summed E-state index contributed by atoms with van der Waals surface area (Å²) in [6.45, 7) is 4.11. The minimum atomic E-state index is -0.527. The first kappa shape index (κ1) is 16.3. The Morgan fingerprint density at radius 3 is 2.61 bits per heavy atom. The summed E-state index contributed by atoms with van der Waals surface area (Å²) in [5.74, 6) is 0.528. The summed E-state index contributed by atoms with van der Waals surface area (Å²) < 4.78 is 6.39. The van der Waals surface area contributed by atoms with Crippen LogP contribution in [0.3, 0.4) is 0 Å². The molecule has 1 N–H and O–H groups in total. The van der Waals surface area contributed by atoms with Crippen LogP contribution in [0.2, 0.25) is 0 Å². The van der Waals surface area contributed by atoms with Gasteiger partial charge in [-0.05, 0) is 43.7 Å². The smallest absolute Gasteiger partial charge is 0.271 e. The van der Waals surface area contributed by atoms with Gasteiger partial charge in [0.25, 0.3) is 5.56 Å². The molecule has 0 spiro atoms. The number of benzene rings is 1. The van der Waals surface area contributed by atoms with E-state index in [0.29, 0.717) is 23.4 Å². The van der Waals surface area contributed by atoms with E-state index in [9.17, 15) is 9.90 Å². The fourth-order valence-corrected chi connectivity index (χ4v) is 2.13. The number of nitrogens with zero attached hydrogens (tertiary/aromatic N) is 3. The third kappa shape index (κ3) is 3.24. The first-order valence-electron chi connectivity index (χ1n) is 7.09. The van der Waals surface area contributed by atoms with E-state index in [1.54, 1.807) is 31.2 Å². The fraction of sp³-hybridized carbons (Fsp3) is 0.235. The van der Waals surface area contributed by atoms with Crippen LogP contribution in [0.5, 0.6) is 11.6 Å². The van der Waals surface area contributed by atoms with Gasteiger partial charge in [-0.25, -0.2) is 0 Å². The molecule has 118 valence electrons. The number of pyridine rings is 1. The molecule has 0 bridgehead atoms. The van der Waals surface area contributed by atoms with Gasteiger partial charge < -0.3 is 9.84 Å². The van der Waals surface area contributed by atoms with Gasteiger partial charge in [0, 0.05) is 13.3 Å². The molecule has 6 heteroatoms. The second-order valence-electron chi connectivity index (χ2n) is 4.90. The number of nitriles is 1. The highest BCUT2D eigenvalue weighted by Gasteiger charge is 2.15. The maximum absolute atomic E-state index is 11.9. The molecule has 2 rings (SSSR count). The molecule has 6 nitrogen and oxygen atoms in total. The van der Waals surface area contributed by atoms with Gasteiger partial charge in [0.05, 0.1) is 17.9 Å². The zero-order valence-electron chi connectivity index (χ0n) is 13.2. The lowest BCUT2D eigenvalue weighted by Gasteiger charge is -2.09. The predicted octanol–water partition coefficient (Wildman–Crippen LogP) is 2.42. The van der Waals surface area contributed by atoms with Crippen molar-refractivity contribution in [3.05, 3.63) is 51.3 Å². The maximum Gasteiger partial charge on any atom is 0.271 e. The first-order chi connectivity index (χ1) is 11.0. The molecule has 0 amide bonds. The summed E-state index contributed by atoms with van der Waals surface area (Å²) in [7, 11) is 1.41. The molecule has 0 aliphatic heterocycles. The summed E-state index contributed by atoms with van der Waals surface area (Å²) in [5, 5.41) is 19.2. The van der Waals surface area contributed by atoms with E-state index in [4.69, 9.17) is 10.00 Å². The average molecular weight is 311 g/mol. The molecule has 1 heterocycles. The van der Waals surface area contributed by atoms with Crippen molar-refractivity contribution in [1.82, 2.24) is 4.57 Å². The molecule has 2 aromatic rings. The second kappa shape index (κ2) is 6.79. The van der Waals surface area contributed by atoms with E-state index in [1.165, 1.54) is 13.3 Å². The van der Waals surface area contributed by atoms with Crippen LogP contribution in [-0.2, 0) is 7.05 Å². The Morgan fingerprint density at radius 1 is 1.39 bits per heavy atom. The molecule has 0 aliphatic carbocycles. The van der Waals surface area contributed by atoms with Crippen LogP contribution in [-0.4, -0.2) is 22.5 Å². The van der Waals surface area contributed by atoms with Crippen LogP contribution in [0.15, 0.2) is 34.1 Å². The Labute approximate surface area is 133 Å². The Balaban J connectivity index is 2.42. The average Bonchev–Trinajstić information content (AvgIpc) is 2.55. The van der Waals surface area contributed by atoms with E-state index in [2.05, 4.69) is 4.99 Å². The third-order valence-electron chi connectivity index (χ3n) is 3.46. The van der Waals surface area contributed by atoms with Crippen LogP contribution in [0, 0.1) is 18.3 Å². The van der Waals surface area contributed by atoms with E-state index < -0.39 is 5.56 Å². The molecule has 0 saturated carbocycles. The van der Waals surface area contributed by atoms with E-state index in [-0.39, 0.29) is 11.4 Å². The van der Waals surface area contributed by atoms with Crippen molar-refractivity contribution < 1.29 is 9.84 Å². The van der Waals surface area contributed by atoms with Crippen molar-refractivity contribution in [2.45, 2.75) is 13.8 Å². The van der Waals surface area contributed by atoms with E-state index in [1.807, 2.05) is 13.0 Å². The van der Waals surface area contributed by atoms with Crippen molar-refractivity contribution in [1.29, 1.82) is 5.26 Å². The minimum Gasteiger partial charge on any atom is -0.494 e. The molecular weight excluding hydrogens is 294 g/mol. The fourth-order valence-electron chi connectivity index (χ4n) is 2.13. The summed E-state index contributed by atoms with van der Waals surface area (Å²) >= 11 is 0. The number of ether oxygens (including phenoxy) is 1. The number of aromatic hydroxyl groups is 1. The van der Waals surface area contributed by atoms with E-state index >= 15 is 0 Å². The zero-order valence-corrected chi connectivity index (χ0v) is 13.2. The van der Waals surface area contributed by atoms with Crippen LogP contribution in [0.4, 0.5) is 5.69 Å². The summed E-state index contributed by atoms with van der Waals surface area (Å²) in [4.78, 5) is 16.2. The Hall–Kier alpha value is -3.07. The minimum absolute atomic E-state index is 0.00144. The largest absolute Gasteiger partial charge is 0.494 e. The van der Waals surface area contributed by atoms with Crippen molar-refractivity contribution in [2.75, 3.05) is 6.61 Å². The van der Waals surface area contributed by atoms with Crippen molar-refractivity contribution in [2.24, 2.45) is 12.0 Å². The number of hydrogen-bond acceptors (Lipinski definition) is 5. The molecule has 0 radical (unpaired) electrons. The maximum atomic E-state index is 11.9. The highest BCUT2D eigenvalue weighted by molar-refractivity contribution is 5.87. The SMILES string of the molecule is CCOc1ccc(N=Cc2c(C)c(C#N)c(=O)n(C)c2O)cc1. The summed E-state index contributed by atoms with van der Waals surface area (Å²) in [6.07, 6.45) is 1.45. The van der Waals surface area contributed by atoms with Gasteiger partial charge in [-0.15, -0.1) is 0 Å². The van der Waals surface area contributed by atoms with Gasteiger partial charge in [0.15, 0.2) is 0 Å². The first-order valence-corrected chi connectivity index (χ1v) is 7.09. The standard InChI is InChI=1S/C17H17N3O3/c1-4-23-13-7-5-12(6-8-13)19-10-15-11(2)14(9-18)16(21)20(3)17(15)22/h5-8,10,22H,4H2,1-3H3. The topological polar surface area (TPSA) is 87.6 Å². The van der Waals surface area contributed by atoms with Crippen LogP contribution in [0.1, 0.15) is 23.6 Å². The number of aromatic nitrogens is 1. The molecule has 0 unspecified atom stereocenters. The highest BCUT2D eigenvalue weighted by atomic mass is 16.5. The molecule has 0 aliphatic rings. The number of aliphatic imine (C=N–C) groups is 1. The second-order valence-corrected chi connectivity index (χ2v) is 4.90. The monoisotopic (exact) mass is 311 g/mol. The van der Waals surface area contributed by atoms with Crippen LogP contribution < -0.4 is 10.3 Å². The van der Waals surface area contributed by atoms with Crippen molar-refractivity contribution in [3.8, 4) is 17.7 Å². The van der Waals surface area contributed by atoms with Crippen molar-refractivity contribution in [3.63, 3.8) is 0 Å². The Kier molecular flexibility index (Phi) is 4.82. The molecule has 0 fully saturated rings. The lowest BCUT2D eigenvalue weighted by atomic mass is 10.1. The Morgan fingerprint density at radius 2 is 2.04 bits per heavy atom. The van der Waals surface area contributed by atoms with Gasteiger partial charge in [0.1, 0.15) is 17.4 Å². The molecule has 23 heavy (non-hydrogen) atoms. The van der Waals surface area contributed by atoms with Gasteiger partial charge >= 0.3 is 0 Å². The lowest BCUT2D eigenvalue weighted by molar-refractivity contribution is 0.340. The third-order valence-corrected chi connectivity index (χ3v) is 3.46. The zero-order chi connectivity index (χ0) is 17.0. The summed E-state index contributed by atoms with van der Waals surface area (Å²) in [6, 6.07) is 9.02. The van der Waals surface area contributed by atoms with Crippen LogP contribution >= 0.6 is 0 Å². The van der Waals surface area contributed by atoms with Gasteiger partial charge in [-0.1, -0.05) is 0 Å². The molecule has 0 atom stereocenters. The van der Waals surface area contributed by atoms with Crippen LogP contribution in [0.25, 0.3) is 0 Å². The lowest BCUT2D eigenvalue weighted by Crippen LogP contribution is -2.22. The number of rotatable bonds is 4. The highest BCUT2D eigenvalue weighted by Crippen LogP contribution is 2.21. The molecule has 0 saturated heterocycles. The predicted molar refractivity (Wildman–Crippen MR) is 87.7 cm³/mol. The Bertz CT molecular complexity index is 843. The number of hydrogen-bond donors (Lipinski definition) is 1. The molecule has 1 aromatic heterocycles. The quantitative estimate of drug-likeness (QED) is 0.878. The van der Waals surface area contributed by atoms with Gasteiger partial charge in [0.2, 0.25) is 5.88 Å². The van der Waals surface area contributed by atoms with Gasteiger partial charge in [-0.3, -0.25) is 14.4 Å².